The Hall–Kier alpha value is -1.33. The minimum absolute atomic E-state index is 0. The molecule has 0 fully saturated rings. The Labute approximate surface area is 112 Å². The van der Waals surface area contributed by atoms with E-state index in [1.807, 2.05) is 0 Å². The van der Waals surface area contributed by atoms with Gasteiger partial charge in [-0.2, -0.15) is 0 Å². The van der Waals surface area contributed by atoms with Gasteiger partial charge in [0, 0.05) is 12.5 Å². The number of nitrogens with one attached hydrogen (secondary N) is 1. The zero-order valence-electron chi connectivity index (χ0n) is 10.0. The molecule has 0 aliphatic carbocycles. The number of hydrogen-bond donors (Lipinski definition) is 2. The third kappa shape index (κ3) is 7.09. The maximum absolute atomic E-state index is 12.8. The van der Waals surface area contributed by atoms with Crippen LogP contribution in [0.3, 0.4) is 0 Å². The number of carbonyl (C=O) groups excluding carboxylic acids is 1. The standard InChI is InChI=1S/C12H17FN2O2.ClH/c13-10-3-1-4-11(9-10)17-8-7-15-12(16)5-2-6-14;/h1,3-4,9H,2,5-8,14H2,(H,15,16);1H. The molecule has 1 rings (SSSR count). The Morgan fingerprint density at radius 3 is 2.89 bits per heavy atom. The third-order valence-electron chi connectivity index (χ3n) is 2.10. The summed E-state index contributed by atoms with van der Waals surface area (Å²) in [5.41, 5.74) is 5.28. The van der Waals surface area contributed by atoms with Gasteiger partial charge in [0.1, 0.15) is 18.2 Å². The predicted octanol–water partition coefficient (Wildman–Crippen LogP) is 1.48. The molecule has 4 nitrogen and oxygen atoms in total. The first-order chi connectivity index (χ1) is 8.22. The van der Waals surface area contributed by atoms with Crippen LogP contribution in [-0.4, -0.2) is 25.6 Å². The molecule has 0 aliphatic heterocycles. The SMILES string of the molecule is Cl.NCCCC(=O)NCCOc1cccc(F)c1. The van der Waals surface area contributed by atoms with E-state index >= 15 is 0 Å². The lowest BCUT2D eigenvalue weighted by Gasteiger charge is -2.07. The fourth-order valence-corrected chi connectivity index (χ4v) is 1.27. The van der Waals surface area contributed by atoms with Crippen molar-refractivity contribution in [3.63, 3.8) is 0 Å². The van der Waals surface area contributed by atoms with Crippen LogP contribution in [0.2, 0.25) is 0 Å². The number of halogens is 2. The maximum atomic E-state index is 12.8. The van der Waals surface area contributed by atoms with E-state index in [9.17, 15) is 9.18 Å². The highest BCUT2D eigenvalue weighted by atomic mass is 35.5. The lowest BCUT2D eigenvalue weighted by Crippen LogP contribution is -2.28. The van der Waals surface area contributed by atoms with Gasteiger partial charge in [-0.15, -0.1) is 12.4 Å². The Morgan fingerprint density at radius 1 is 1.44 bits per heavy atom. The third-order valence-corrected chi connectivity index (χ3v) is 2.10. The summed E-state index contributed by atoms with van der Waals surface area (Å²) < 4.78 is 18.0. The minimum Gasteiger partial charge on any atom is -0.492 e. The van der Waals surface area contributed by atoms with Gasteiger partial charge in [-0.3, -0.25) is 4.79 Å². The highest BCUT2D eigenvalue weighted by Crippen LogP contribution is 2.11. The van der Waals surface area contributed by atoms with Gasteiger partial charge in [0.2, 0.25) is 5.91 Å². The van der Waals surface area contributed by atoms with Crippen molar-refractivity contribution in [3.05, 3.63) is 30.1 Å². The summed E-state index contributed by atoms with van der Waals surface area (Å²) >= 11 is 0. The molecule has 102 valence electrons. The second-order valence-electron chi connectivity index (χ2n) is 3.55. The van der Waals surface area contributed by atoms with Crippen molar-refractivity contribution < 1.29 is 13.9 Å². The summed E-state index contributed by atoms with van der Waals surface area (Å²) in [7, 11) is 0. The van der Waals surface area contributed by atoms with Crippen molar-refractivity contribution in [1.29, 1.82) is 0 Å². The van der Waals surface area contributed by atoms with Gasteiger partial charge in [-0.1, -0.05) is 6.07 Å². The minimum atomic E-state index is -0.338. The van der Waals surface area contributed by atoms with Crippen LogP contribution in [0, 0.1) is 5.82 Å². The molecule has 0 aliphatic rings. The van der Waals surface area contributed by atoms with E-state index in [1.54, 1.807) is 12.1 Å². The van der Waals surface area contributed by atoms with Crippen LogP contribution in [0.1, 0.15) is 12.8 Å². The molecule has 3 N–H and O–H groups in total. The molecule has 0 heterocycles. The molecular weight excluding hydrogens is 259 g/mol. The average molecular weight is 277 g/mol. The molecule has 0 aromatic heterocycles. The molecule has 0 saturated heterocycles. The van der Waals surface area contributed by atoms with E-state index in [4.69, 9.17) is 10.5 Å². The molecule has 0 unspecified atom stereocenters. The van der Waals surface area contributed by atoms with Gasteiger partial charge in [0.25, 0.3) is 0 Å². The number of rotatable bonds is 7. The lowest BCUT2D eigenvalue weighted by atomic mass is 10.3. The first kappa shape index (κ1) is 16.7. The maximum Gasteiger partial charge on any atom is 0.220 e. The van der Waals surface area contributed by atoms with Gasteiger partial charge in [-0.05, 0) is 25.1 Å². The molecule has 18 heavy (non-hydrogen) atoms. The lowest BCUT2D eigenvalue weighted by molar-refractivity contribution is -0.121. The summed E-state index contributed by atoms with van der Waals surface area (Å²) in [6, 6.07) is 5.89. The number of ether oxygens (including phenoxy) is 1. The summed E-state index contributed by atoms with van der Waals surface area (Å²) in [5.74, 6) is 0.0778. The smallest absolute Gasteiger partial charge is 0.220 e. The Morgan fingerprint density at radius 2 is 2.22 bits per heavy atom. The Kier molecular flexibility index (Phi) is 8.96. The van der Waals surface area contributed by atoms with Crippen LogP contribution in [-0.2, 0) is 4.79 Å². The molecule has 1 aromatic rings. The normalized spacial score (nSPS) is 9.44. The van der Waals surface area contributed by atoms with E-state index in [-0.39, 0.29) is 24.1 Å². The van der Waals surface area contributed by atoms with E-state index in [0.717, 1.165) is 0 Å². The van der Waals surface area contributed by atoms with Crippen LogP contribution >= 0.6 is 12.4 Å². The monoisotopic (exact) mass is 276 g/mol. The molecule has 1 aromatic carbocycles. The molecule has 0 radical (unpaired) electrons. The van der Waals surface area contributed by atoms with E-state index < -0.39 is 0 Å². The van der Waals surface area contributed by atoms with Crippen molar-refractivity contribution in [2.24, 2.45) is 5.73 Å². The van der Waals surface area contributed by atoms with Gasteiger partial charge in [-0.25, -0.2) is 4.39 Å². The van der Waals surface area contributed by atoms with Crippen LogP contribution in [0.4, 0.5) is 4.39 Å². The van der Waals surface area contributed by atoms with Gasteiger partial charge in [0.15, 0.2) is 0 Å². The highest BCUT2D eigenvalue weighted by Gasteiger charge is 2.00. The first-order valence-corrected chi connectivity index (χ1v) is 5.57. The van der Waals surface area contributed by atoms with Crippen molar-refractivity contribution in [2.75, 3.05) is 19.7 Å². The van der Waals surface area contributed by atoms with Gasteiger partial charge >= 0.3 is 0 Å². The highest BCUT2D eigenvalue weighted by molar-refractivity contribution is 5.85. The molecule has 0 atom stereocenters. The molecule has 0 bridgehead atoms. The molecule has 0 saturated carbocycles. The largest absolute Gasteiger partial charge is 0.492 e. The summed E-state index contributed by atoms with van der Waals surface area (Å²) in [6.45, 7) is 1.23. The number of amides is 1. The first-order valence-electron chi connectivity index (χ1n) is 5.57. The van der Waals surface area contributed by atoms with Crippen molar-refractivity contribution in [2.45, 2.75) is 12.8 Å². The predicted molar refractivity (Wildman–Crippen MR) is 70.4 cm³/mol. The van der Waals surface area contributed by atoms with Crippen molar-refractivity contribution in [1.82, 2.24) is 5.32 Å². The van der Waals surface area contributed by atoms with Crippen LogP contribution in [0.5, 0.6) is 5.75 Å². The van der Waals surface area contributed by atoms with E-state index in [1.165, 1.54) is 12.1 Å². The number of benzene rings is 1. The van der Waals surface area contributed by atoms with E-state index in [2.05, 4.69) is 5.32 Å². The van der Waals surface area contributed by atoms with Gasteiger partial charge in [0.05, 0.1) is 6.54 Å². The van der Waals surface area contributed by atoms with Crippen LogP contribution in [0.15, 0.2) is 24.3 Å². The van der Waals surface area contributed by atoms with Crippen molar-refractivity contribution >= 4 is 18.3 Å². The molecule has 1 amide bonds. The molecular formula is C12H18ClFN2O2. The fraction of sp³-hybridized carbons (Fsp3) is 0.417. The second-order valence-corrected chi connectivity index (χ2v) is 3.55. The zero-order chi connectivity index (χ0) is 12.5. The molecule has 6 heteroatoms. The van der Waals surface area contributed by atoms with Crippen LogP contribution in [0.25, 0.3) is 0 Å². The second kappa shape index (κ2) is 9.67. The Balaban J connectivity index is 0.00000289. The summed E-state index contributed by atoms with van der Waals surface area (Å²) in [5, 5.41) is 2.69. The summed E-state index contributed by atoms with van der Waals surface area (Å²) in [6.07, 6.45) is 1.10. The number of nitrogens with two attached hydrogens (primary N) is 1. The quantitative estimate of drug-likeness (QED) is 0.742. The fourth-order valence-electron chi connectivity index (χ4n) is 1.27. The molecule has 0 spiro atoms. The number of hydrogen-bond acceptors (Lipinski definition) is 3. The Bertz CT molecular complexity index is 364. The summed E-state index contributed by atoms with van der Waals surface area (Å²) in [4.78, 5) is 11.2. The topological polar surface area (TPSA) is 64.4 Å². The zero-order valence-corrected chi connectivity index (χ0v) is 10.8. The average Bonchev–Trinajstić information content (AvgIpc) is 2.32. The number of carbonyl (C=O) groups is 1. The van der Waals surface area contributed by atoms with E-state index in [0.29, 0.717) is 38.3 Å². The van der Waals surface area contributed by atoms with Gasteiger partial charge < -0.3 is 15.8 Å². The van der Waals surface area contributed by atoms with Crippen molar-refractivity contribution in [3.8, 4) is 5.75 Å². The van der Waals surface area contributed by atoms with Crippen LogP contribution < -0.4 is 15.8 Å².